The number of nitrogens with one attached hydrogen (secondary N) is 1. The number of rotatable bonds is 9. The van der Waals surface area contributed by atoms with E-state index in [0.29, 0.717) is 29.5 Å². The molecule has 1 unspecified atom stereocenters. The van der Waals surface area contributed by atoms with Crippen molar-refractivity contribution >= 4 is 29.1 Å². The summed E-state index contributed by atoms with van der Waals surface area (Å²) in [5.41, 5.74) is 3.48. The Kier molecular flexibility index (Phi) is 8.00. The van der Waals surface area contributed by atoms with E-state index in [9.17, 15) is 19.2 Å². The van der Waals surface area contributed by atoms with Crippen LogP contribution in [0.2, 0.25) is 0 Å². The number of ketones is 2. The molecule has 0 spiro atoms. The number of hydrogen-bond acceptors (Lipinski definition) is 7. The number of benzene rings is 2. The summed E-state index contributed by atoms with van der Waals surface area (Å²) in [5.74, 6) is -1.44. The molecule has 0 bridgehead atoms. The van der Waals surface area contributed by atoms with Gasteiger partial charge in [-0.25, -0.2) is 0 Å². The van der Waals surface area contributed by atoms with Crippen LogP contribution in [0.4, 0.5) is 5.69 Å². The third kappa shape index (κ3) is 5.56. The van der Waals surface area contributed by atoms with Gasteiger partial charge in [0.15, 0.2) is 5.78 Å². The van der Waals surface area contributed by atoms with Crippen molar-refractivity contribution in [3.05, 3.63) is 64.7 Å². The summed E-state index contributed by atoms with van der Waals surface area (Å²) in [4.78, 5) is 53.9. The molecule has 8 nitrogen and oxygen atoms in total. The molecule has 1 N–H and O–H groups in total. The molecule has 1 aliphatic carbocycles. The van der Waals surface area contributed by atoms with Crippen molar-refractivity contribution in [3.8, 4) is 0 Å². The molecule has 3 aliphatic rings. The summed E-state index contributed by atoms with van der Waals surface area (Å²) < 4.78 is 5.89. The first-order valence-corrected chi connectivity index (χ1v) is 13.7. The number of hydrogen-bond donors (Lipinski definition) is 1. The van der Waals surface area contributed by atoms with Crippen LogP contribution < -0.4 is 5.32 Å². The zero-order valence-corrected chi connectivity index (χ0v) is 21.9. The lowest BCUT2D eigenvalue weighted by atomic mass is 9.92. The van der Waals surface area contributed by atoms with Gasteiger partial charge in [0.05, 0.1) is 29.7 Å². The van der Waals surface area contributed by atoms with E-state index in [1.165, 1.54) is 5.56 Å². The Bertz CT molecular complexity index is 1220. The van der Waals surface area contributed by atoms with Crippen LogP contribution in [0.1, 0.15) is 77.3 Å². The van der Waals surface area contributed by atoms with Gasteiger partial charge < -0.3 is 10.1 Å². The summed E-state index contributed by atoms with van der Waals surface area (Å²) in [6, 6.07) is 12.7. The molecule has 2 amide bonds. The van der Waals surface area contributed by atoms with E-state index in [-0.39, 0.29) is 30.8 Å². The van der Waals surface area contributed by atoms with Gasteiger partial charge in [0.2, 0.25) is 0 Å². The van der Waals surface area contributed by atoms with Gasteiger partial charge >= 0.3 is 0 Å². The number of fused-ring (bicyclic) bond motifs is 1. The second kappa shape index (κ2) is 11.6. The van der Waals surface area contributed by atoms with Crippen LogP contribution in [0.5, 0.6) is 0 Å². The number of piperidine rings is 1. The molecular formula is C30H35N3O5. The molecule has 2 aromatic carbocycles. The van der Waals surface area contributed by atoms with Crippen LogP contribution in [-0.2, 0) is 27.4 Å². The number of imide groups is 1. The monoisotopic (exact) mass is 517 g/mol. The van der Waals surface area contributed by atoms with Gasteiger partial charge in [-0.1, -0.05) is 37.3 Å². The summed E-state index contributed by atoms with van der Waals surface area (Å²) in [7, 11) is 0. The Morgan fingerprint density at radius 1 is 0.921 bits per heavy atom. The van der Waals surface area contributed by atoms with Crippen LogP contribution in [-0.4, -0.2) is 65.0 Å². The fraction of sp³-hybridized carbons (Fsp3) is 0.467. The van der Waals surface area contributed by atoms with Gasteiger partial charge in [0.25, 0.3) is 11.8 Å². The van der Waals surface area contributed by atoms with Crippen molar-refractivity contribution in [2.75, 3.05) is 25.0 Å². The largest absolute Gasteiger partial charge is 0.380 e. The molecule has 2 fully saturated rings. The van der Waals surface area contributed by atoms with E-state index in [0.717, 1.165) is 56.0 Å². The standard InChI is InChI=1S/C30H35N3O5/c1-2-16-38-23-12-14-32(15-13-23)19-21-8-6-20(7-9-21)18-31-25-5-3-4-24-28(25)30(37)33(29(24)36)26-11-10-22(34)17-27(26)35/h3-9,23,26,31H,2,10-19H2,1H3. The fourth-order valence-electron chi connectivity index (χ4n) is 5.60. The number of carbonyl (C=O) groups is 4. The Morgan fingerprint density at radius 2 is 1.66 bits per heavy atom. The van der Waals surface area contributed by atoms with E-state index >= 15 is 0 Å². The molecule has 200 valence electrons. The molecule has 5 rings (SSSR count). The summed E-state index contributed by atoms with van der Waals surface area (Å²) >= 11 is 0. The fourth-order valence-corrected chi connectivity index (χ4v) is 5.60. The lowest BCUT2D eigenvalue weighted by Gasteiger charge is -2.31. The quantitative estimate of drug-likeness (QED) is 0.397. The summed E-state index contributed by atoms with van der Waals surface area (Å²) in [6.45, 7) is 6.48. The average molecular weight is 518 g/mol. The van der Waals surface area contributed by atoms with E-state index in [2.05, 4.69) is 41.4 Å². The first-order chi connectivity index (χ1) is 18.4. The zero-order chi connectivity index (χ0) is 26.6. The molecule has 38 heavy (non-hydrogen) atoms. The van der Waals surface area contributed by atoms with Gasteiger partial charge in [-0.05, 0) is 48.9 Å². The van der Waals surface area contributed by atoms with Crippen LogP contribution in [0.3, 0.4) is 0 Å². The summed E-state index contributed by atoms with van der Waals surface area (Å²) in [5, 5.41) is 3.31. The first kappa shape index (κ1) is 26.3. The Labute approximate surface area is 223 Å². The Morgan fingerprint density at radius 3 is 2.37 bits per heavy atom. The van der Waals surface area contributed by atoms with Gasteiger partial charge in [-0.15, -0.1) is 0 Å². The van der Waals surface area contributed by atoms with Crippen LogP contribution in [0.15, 0.2) is 42.5 Å². The van der Waals surface area contributed by atoms with Crippen LogP contribution in [0, 0.1) is 0 Å². The molecule has 2 heterocycles. The first-order valence-electron chi connectivity index (χ1n) is 13.7. The predicted octanol–water partition coefficient (Wildman–Crippen LogP) is 3.98. The maximum Gasteiger partial charge on any atom is 0.264 e. The van der Waals surface area contributed by atoms with Crippen molar-refractivity contribution in [1.82, 2.24) is 9.80 Å². The molecule has 1 atom stereocenters. The molecule has 0 radical (unpaired) electrons. The van der Waals surface area contributed by atoms with Crippen LogP contribution >= 0.6 is 0 Å². The normalized spacial score (nSPS) is 20.8. The minimum Gasteiger partial charge on any atom is -0.380 e. The van der Waals surface area contributed by atoms with E-state index < -0.39 is 17.9 Å². The lowest BCUT2D eigenvalue weighted by molar-refractivity contribution is -0.132. The number of nitrogens with zero attached hydrogens (tertiary/aromatic N) is 2. The zero-order valence-electron chi connectivity index (χ0n) is 21.9. The predicted molar refractivity (Wildman–Crippen MR) is 143 cm³/mol. The minimum atomic E-state index is -0.866. The summed E-state index contributed by atoms with van der Waals surface area (Å²) in [6.07, 6.45) is 3.79. The number of Topliss-reactive ketones (excluding diaryl/α,β-unsaturated/α-hetero) is 2. The highest BCUT2D eigenvalue weighted by Gasteiger charge is 2.45. The maximum atomic E-state index is 13.3. The topological polar surface area (TPSA) is 96.0 Å². The molecule has 8 heteroatoms. The van der Waals surface area contributed by atoms with Crippen molar-refractivity contribution < 1.29 is 23.9 Å². The Balaban J connectivity index is 1.19. The lowest BCUT2D eigenvalue weighted by Crippen LogP contribution is -2.47. The number of amides is 2. The van der Waals surface area contributed by atoms with Crippen molar-refractivity contribution in [3.63, 3.8) is 0 Å². The number of ether oxygens (including phenoxy) is 1. The molecule has 1 saturated carbocycles. The molecule has 2 aromatic rings. The molecule has 0 aromatic heterocycles. The van der Waals surface area contributed by atoms with E-state index in [1.54, 1.807) is 18.2 Å². The number of carbonyl (C=O) groups excluding carboxylic acids is 4. The number of likely N-dealkylation sites (tertiary alicyclic amines) is 1. The van der Waals surface area contributed by atoms with Gasteiger partial charge in [-0.3, -0.25) is 29.0 Å². The highest BCUT2D eigenvalue weighted by Crippen LogP contribution is 2.33. The van der Waals surface area contributed by atoms with Crippen molar-refractivity contribution in [1.29, 1.82) is 0 Å². The molecular weight excluding hydrogens is 482 g/mol. The average Bonchev–Trinajstić information content (AvgIpc) is 3.18. The highest BCUT2D eigenvalue weighted by molar-refractivity contribution is 6.25. The SMILES string of the molecule is CCCOC1CCN(Cc2ccc(CNc3cccc4c3C(=O)N(C3CCC(=O)CC3=O)C4=O)cc2)CC1. The van der Waals surface area contributed by atoms with Gasteiger partial charge in [-0.2, -0.15) is 0 Å². The molecule has 1 saturated heterocycles. The van der Waals surface area contributed by atoms with Crippen molar-refractivity contribution in [2.24, 2.45) is 0 Å². The minimum absolute atomic E-state index is 0.141. The second-order valence-corrected chi connectivity index (χ2v) is 10.5. The Hall–Kier alpha value is -3.36. The third-order valence-corrected chi connectivity index (χ3v) is 7.70. The smallest absolute Gasteiger partial charge is 0.264 e. The number of anilines is 1. The third-order valence-electron chi connectivity index (χ3n) is 7.70. The molecule has 2 aliphatic heterocycles. The van der Waals surface area contributed by atoms with E-state index in [4.69, 9.17) is 4.74 Å². The highest BCUT2D eigenvalue weighted by atomic mass is 16.5. The van der Waals surface area contributed by atoms with Gasteiger partial charge in [0, 0.05) is 44.9 Å². The van der Waals surface area contributed by atoms with Crippen LogP contribution in [0.25, 0.3) is 0 Å². The van der Waals surface area contributed by atoms with Gasteiger partial charge in [0.1, 0.15) is 5.78 Å². The van der Waals surface area contributed by atoms with Crippen molar-refractivity contribution in [2.45, 2.75) is 70.7 Å². The van der Waals surface area contributed by atoms with E-state index in [1.807, 2.05) is 0 Å². The maximum absolute atomic E-state index is 13.3. The second-order valence-electron chi connectivity index (χ2n) is 10.5.